The third-order valence-corrected chi connectivity index (χ3v) is 4.21. The first-order chi connectivity index (χ1) is 12.8. The molecule has 1 unspecified atom stereocenters. The Hall–Kier alpha value is -2.64. The molecule has 0 saturated heterocycles. The van der Waals surface area contributed by atoms with Crippen LogP contribution in [0.5, 0.6) is 0 Å². The van der Waals surface area contributed by atoms with Crippen molar-refractivity contribution in [2.24, 2.45) is 0 Å². The summed E-state index contributed by atoms with van der Waals surface area (Å²) < 4.78 is 38.5. The summed E-state index contributed by atoms with van der Waals surface area (Å²) in [5.74, 6) is 0.436. The van der Waals surface area contributed by atoms with Crippen molar-refractivity contribution in [3.63, 3.8) is 0 Å². The van der Waals surface area contributed by atoms with Crippen LogP contribution < -0.4 is 5.32 Å². The molecule has 0 fully saturated rings. The molecule has 140 valence electrons. The van der Waals surface area contributed by atoms with Crippen LogP contribution in [0.2, 0.25) is 5.02 Å². The van der Waals surface area contributed by atoms with Gasteiger partial charge in [-0.05, 0) is 17.7 Å². The van der Waals surface area contributed by atoms with E-state index in [1.54, 1.807) is 6.07 Å². The number of nitrogens with one attached hydrogen (secondary N) is 1. The number of hydrogen-bond donors (Lipinski definition) is 2. The molecule has 1 aromatic heterocycles. The van der Waals surface area contributed by atoms with Gasteiger partial charge in [-0.2, -0.15) is 13.2 Å². The van der Waals surface area contributed by atoms with Gasteiger partial charge in [-0.3, -0.25) is 0 Å². The number of rotatable bonds is 5. The van der Waals surface area contributed by atoms with Crippen molar-refractivity contribution in [1.82, 2.24) is 9.97 Å². The molecule has 0 aliphatic carbocycles. The van der Waals surface area contributed by atoms with Gasteiger partial charge in [0.1, 0.15) is 12.1 Å². The second-order valence-corrected chi connectivity index (χ2v) is 6.20. The summed E-state index contributed by atoms with van der Waals surface area (Å²) in [5.41, 5.74) is 0.708. The Morgan fingerprint density at radius 3 is 2.44 bits per heavy atom. The lowest BCUT2D eigenvalue weighted by Crippen LogP contribution is -2.13. The van der Waals surface area contributed by atoms with Gasteiger partial charge in [0.2, 0.25) is 0 Å². The minimum absolute atomic E-state index is 0.217. The fourth-order valence-corrected chi connectivity index (χ4v) is 2.80. The van der Waals surface area contributed by atoms with Crippen LogP contribution in [0.1, 0.15) is 17.2 Å². The molecule has 0 radical (unpaired) electrons. The SMILES string of the molecule is OC(CNc1cc(-c2ccc(C(F)(F)F)c(Cl)c2)ncn1)c1ccccc1. The summed E-state index contributed by atoms with van der Waals surface area (Å²) in [5, 5.41) is 12.8. The van der Waals surface area contributed by atoms with Gasteiger partial charge < -0.3 is 10.4 Å². The minimum atomic E-state index is -4.51. The quantitative estimate of drug-likeness (QED) is 0.643. The average Bonchev–Trinajstić information content (AvgIpc) is 2.66. The van der Waals surface area contributed by atoms with Crippen molar-refractivity contribution in [2.75, 3.05) is 11.9 Å². The summed E-state index contributed by atoms with van der Waals surface area (Å²) in [6.07, 6.45) is -3.95. The minimum Gasteiger partial charge on any atom is -0.387 e. The zero-order valence-electron chi connectivity index (χ0n) is 13.9. The second-order valence-electron chi connectivity index (χ2n) is 5.79. The molecule has 0 saturated carbocycles. The van der Waals surface area contributed by atoms with Gasteiger partial charge in [-0.15, -0.1) is 0 Å². The zero-order chi connectivity index (χ0) is 19.4. The van der Waals surface area contributed by atoms with E-state index < -0.39 is 22.9 Å². The van der Waals surface area contributed by atoms with Crippen LogP contribution in [0, 0.1) is 0 Å². The van der Waals surface area contributed by atoms with E-state index in [1.165, 1.54) is 18.5 Å². The van der Waals surface area contributed by atoms with E-state index in [2.05, 4.69) is 15.3 Å². The van der Waals surface area contributed by atoms with Crippen molar-refractivity contribution in [3.8, 4) is 11.3 Å². The van der Waals surface area contributed by atoms with Crippen LogP contribution in [-0.2, 0) is 6.18 Å². The largest absolute Gasteiger partial charge is 0.417 e. The maximum Gasteiger partial charge on any atom is 0.417 e. The van der Waals surface area contributed by atoms with Gasteiger partial charge in [-0.25, -0.2) is 9.97 Å². The Morgan fingerprint density at radius 2 is 1.78 bits per heavy atom. The number of anilines is 1. The number of nitrogens with zero attached hydrogens (tertiary/aromatic N) is 2. The van der Waals surface area contributed by atoms with E-state index in [4.69, 9.17) is 11.6 Å². The molecule has 0 aliphatic rings. The molecule has 0 aliphatic heterocycles. The Kier molecular flexibility index (Phi) is 5.62. The Balaban J connectivity index is 1.75. The highest BCUT2D eigenvalue weighted by atomic mass is 35.5. The molecule has 1 atom stereocenters. The van der Waals surface area contributed by atoms with Crippen LogP contribution in [0.3, 0.4) is 0 Å². The van der Waals surface area contributed by atoms with E-state index >= 15 is 0 Å². The fourth-order valence-electron chi connectivity index (χ4n) is 2.51. The lowest BCUT2D eigenvalue weighted by Gasteiger charge is -2.13. The van der Waals surface area contributed by atoms with E-state index in [0.717, 1.165) is 11.6 Å². The maximum absolute atomic E-state index is 12.8. The highest BCUT2D eigenvalue weighted by Crippen LogP contribution is 2.36. The molecule has 2 N–H and O–H groups in total. The van der Waals surface area contributed by atoms with Gasteiger partial charge in [-0.1, -0.05) is 48.0 Å². The van der Waals surface area contributed by atoms with Gasteiger partial charge >= 0.3 is 6.18 Å². The van der Waals surface area contributed by atoms with Crippen molar-refractivity contribution >= 4 is 17.4 Å². The first-order valence-electron chi connectivity index (χ1n) is 8.00. The third-order valence-electron chi connectivity index (χ3n) is 3.90. The summed E-state index contributed by atoms with van der Waals surface area (Å²) >= 11 is 5.76. The van der Waals surface area contributed by atoms with E-state index in [9.17, 15) is 18.3 Å². The van der Waals surface area contributed by atoms with Crippen LogP contribution in [0.15, 0.2) is 60.9 Å². The number of aliphatic hydroxyl groups excluding tert-OH is 1. The van der Waals surface area contributed by atoms with Gasteiger partial charge in [0, 0.05) is 18.2 Å². The smallest absolute Gasteiger partial charge is 0.387 e. The average molecular weight is 394 g/mol. The Labute approximate surface area is 158 Å². The molecule has 0 amide bonds. The van der Waals surface area contributed by atoms with Crippen LogP contribution in [0.25, 0.3) is 11.3 Å². The summed E-state index contributed by atoms with van der Waals surface area (Å²) in [6.45, 7) is 0.217. The first kappa shape index (κ1) is 19.1. The molecule has 27 heavy (non-hydrogen) atoms. The number of hydrogen-bond acceptors (Lipinski definition) is 4. The molecular weight excluding hydrogens is 379 g/mol. The predicted octanol–water partition coefficient (Wildman–Crippen LogP) is 4.96. The first-order valence-corrected chi connectivity index (χ1v) is 8.38. The van der Waals surface area contributed by atoms with Crippen molar-refractivity contribution in [1.29, 1.82) is 0 Å². The summed E-state index contributed by atoms with van der Waals surface area (Å²) in [6, 6.07) is 14.2. The normalized spacial score (nSPS) is 12.6. The molecule has 8 heteroatoms. The number of benzene rings is 2. The van der Waals surface area contributed by atoms with Crippen LogP contribution >= 0.6 is 11.6 Å². The zero-order valence-corrected chi connectivity index (χ0v) is 14.7. The van der Waals surface area contributed by atoms with Crippen molar-refractivity contribution < 1.29 is 18.3 Å². The van der Waals surface area contributed by atoms with Crippen LogP contribution in [-0.4, -0.2) is 21.6 Å². The molecule has 4 nitrogen and oxygen atoms in total. The highest BCUT2D eigenvalue weighted by Gasteiger charge is 2.33. The van der Waals surface area contributed by atoms with E-state index in [1.807, 2.05) is 30.3 Å². The standard InChI is InChI=1S/C19H15ClF3N3O/c20-15-8-13(6-7-14(15)19(21,22)23)16-9-18(26-11-25-16)24-10-17(27)12-4-2-1-3-5-12/h1-9,11,17,27H,10H2,(H,24,25,26). The molecule has 2 aromatic carbocycles. The molecule has 1 heterocycles. The Morgan fingerprint density at radius 1 is 1.04 bits per heavy atom. The highest BCUT2D eigenvalue weighted by molar-refractivity contribution is 6.31. The van der Waals surface area contributed by atoms with Gasteiger partial charge in [0.05, 0.1) is 22.4 Å². The monoisotopic (exact) mass is 393 g/mol. The molecule has 0 bridgehead atoms. The lowest BCUT2D eigenvalue weighted by molar-refractivity contribution is -0.137. The van der Waals surface area contributed by atoms with Gasteiger partial charge in [0.25, 0.3) is 0 Å². The second kappa shape index (κ2) is 7.94. The maximum atomic E-state index is 12.8. The molecule has 3 rings (SSSR count). The summed E-state index contributed by atoms with van der Waals surface area (Å²) in [4.78, 5) is 8.14. The number of alkyl halides is 3. The molecular formula is C19H15ClF3N3O. The lowest BCUT2D eigenvalue weighted by atomic mass is 10.1. The van der Waals surface area contributed by atoms with E-state index in [-0.39, 0.29) is 6.54 Å². The molecule has 3 aromatic rings. The predicted molar refractivity (Wildman–Crippen MR) is 97.4 cm³/mol. The Bertz CT molecular complexity index is 920. The van der Waals surface area contributed by atoms with Gasteiger partial charge in [0.15, 0.2) is 0 Å². The number of aliphatic hydroxyl groups is 1. The number of halogens is 4. The molecule has 0 spiro atoms. The fraction of sp³-hybridized carbons (Fsp3) is 0.158. The number of aromatic nitrogens is 2. The van der Waals surface area contributed by atoms with Crippen LogP contribution in [0.4, 0.5) is 19.0 Å². The topological polar surface area (TPSA) is 58.0 Å². The van der Waals surface area contributed by atoms with Crippen molar-refractivity contribution in [2.45, 2.75) is 12.3 Å². The third kappa shape index (κ3) is 4.75. The van der Waals surface area contributed by atoms with E-state index in [0.29, 0.717) is 17.1 Å². The summed E-state index contributed by atoms with van der Waals surface area (Å²) in [7, 11) is 0. The van der Waals surface area contributed by atoms with Crippen molar-refractivity contribution in [3.05, 3.63) is 77.1 Å².